The van der Waals surface area contributed by atoms with Gasteiger partial charge in [-0.3, -0.25) is 0 Å². The average molecular weight is 355 g/mol. The lowest BCUT2D eigenvalue weighted by atomic mass is 9.85. The number of nitrogens with zero attached hydrogens (tertiary/aromatic N) is 2. The molecular weight excluding hydrogens is 339 g/mol. The normalized spacial score (nSPS) is 16.8. The van der Waals surface area contributed by atoms with Crippen LogP contribution in [0.5, 0.6) is 0 Å². The number of rotatable bonds is 2. The molecule has 0 bridgehead atoms. The molecule has 26 heavy (non-hydrogen) atoms. The zero-order valence-electron chi connectivity index (χ0n) is 13.8. The van der Waals surface area contributed by atoms with Gasteiger partial charge in [0.15, 0.2) is 11.6 Å². The summed E-state index contributed by atoms with van der Waals surface area (Å²) >= 11 is 0. The van der Waals surface area contributed by atoms with E-state index in [1.54, 1.807) is 24.3 Å². The molecule has 0 fully saturated rings. The number of fused-ring (bicyclic) bond motifs is 1. The maximum atomic E-state index is 14.8. The third-order valence-corrected chi connectivity index (χ3v) is 4.73. The van der Waals surface area contributed by atoms with Crippen LogP contribution in [0.15, 0.2) is 48.7 Å². The van der Waals surface area contributed by atoms with Crippen molar-refractivity contribution >= 4 is 0 Å². The van der Waals surface area contributed by atoms with Gasteiger partial charge in [-0.25, -0.2) is 13.2 Å². The summed E-state index contributed by atoms with van der Waals surface area (Å²) in [6.07, 6.45) is 2.08. The van der Waals surface area contributed by atoms with Gasteiger partial charge in [-0.15, -0.1) is 0 Å². The van der Waals surface area contributed by atoms with Crippen LogP contribution in [0.1, 0.15) is 29.0 Å². The van der Waals surface area contributed by atoms with E-state index in [1.807, 2.05) is 0 Å². The minimum Gasteiger partial charge on any atom is -0.313 e. The molecule has 2 heterocycles. The molecule has 0 spiro atoms. The minimum atomic E-state index is -0.891. The van der Waals surface area contributed by atoms with E-state index >= 15 is 0 Å². The van der Waals surface area contributed by atoms with E-state index in [2.05, 4.69) is 15.5 Å². The zero-order valence-corrected chi connectivity index (χ0v) is 13.8. The Morgan fingerprint density at radius 1 is 0.962 bits per heavy atom. The summed E-state index contributed by atoms with van der Waals surface area (Å²) < 4.78 is 42.9. The topological polar surface area (TPSA) is 37.8 Å². The Morgan fingerprint density at radius 3 is 2.65 bits per heavy atom. The third-order valence-electron chi connectivity index (χ3n) is 4.73. The van der Waals surface area contributed by atoms with Gasteiger partial charge in [-0.1, -0.05) is 12.1 Å². The Balaban J connectivity index is 1.85. The number of nitrogens with one attached hydrogen (secondary N) is 1. The van der Waals surface area contributed by atoms with Crippen LogP contribution in [0.2, 0.25) is 0 Å². The minimum absolute atomic E-state index is 0.251. The van der Waals surface area contributed by atoms with Gasteiger partial charge in [0, 0.05) is 24.2 Å². The number of hydrogen-bond donors (Lipinski definition) is 1. The molecule has 4 rings (SSSR count). The lowest BCUT2D eigenvalue weighted by molar-refractivity contribution is 0.490. The van der Waals surface area contributed by atoms with E-state index in [0.29, 0.717) is 36.3 Å². The van der Waals surface area contributed by atoms with Crippen molar-refractivity contribution in [2.45, 2.75) is 18.9 Å². The summed E-state index contributed by atoms with van der Waals surface area (Å²) in [5.41, 5.74) is 2.55. The van der Waals surface area contributed by atoms with E-state index in [9.17, 15) is 13.2 Å². The van der Waals surface area contributed by atoms with Crippen molar-refractivity contribution in [2.24, 2.45) is 0 Å². The highest BCUT2D eigenvalue weighted by Crippen LogP contribution is 2.36. The predicted molar refractivity (Wildman–Crippen MR) is 92.0 cm³/mol. The van der Waals surface area contributed by atoms with Gasteiger partial charge in [0.25, 0.3) is 0 Å². The zero-order chi connectivity index (χ0) is 18.1. The van der Waals surface area contributed by atoms with Crippen LogP contribution in [-0.2, 0) is 6.54 Å². The summed E-state index contributed by atoms with van der Waals surface area (Å²) in [7, 11) is 0. The summed E-state index contributed by atoms with van der Waals surface area (Å²) in [4.78, 5) is 0. The van der Waals surface area contributed by atoms with Gasteiger partial charge in [0.2, 0.25) is 0 Å². The average Bonchev–Trinajstić information content (AvgIpc) is 2.86. The van der Waals surface area contributed by atoms with Crippen molar-refractivity contribution in [2.75, 3.05) is 6.54 Å². The van der Waals surface area contributed by atoms with E-state index in [-0.39, 0.29) is 5.56 Å². The Morgan fingerprint density at radius 2 is 1.85 bits per heavy atom. The Bertz CT molecular complexity index is 945. The molecule has 0 saturated heterocycles. The first-order chi connectivity index (χ1) is 12.6. The largest absolute Gasteiger partial charge is 0.313 e. The van der Waals surface area contributed by atoms with Crippen LogP contribution in [0.3, 0.4) is 0 Å². The first kappa shape index (κ1) is 16.7. The van der Waals surface area contributed by atoms with Crippen molar-refractivity contribution in [1.29, 1.82) is 0 Å². The molecule has 2 aromatic carbocycles. The highest BCUT2D eigenvalue weighted by atomic mass is 19.2. The summed E-state index contributed by atoms with van der Waals surface area (Å²) in [6.45, 7) is 1.15. The van der Waals surface area contributed by atoms with Crippen LogP contribution in [-0.4, -0.2) is 16.7 Å². The maximum absolute atomic E-state index is 14.8. The second-order valence-electron chi connectivity index (χ2n) is 6.30. The third kappa shape index (κ3) is 2.97. The molecule has 1 aliphatic rings. The molecular formula is C20H16F3N3. The lowest BCUT2D eigenvalue weighted by Gasteiger charge is -2.20. The van der Waals surface area contributed by atoms with Crippen molar-refractivity contribution in [3.8, 4) is 11.3 Å². The molecule has 0 amide bonds. The Labute approximate surface area is 148 Å². The molecule has 1 unspecified atom stereocenters. The van der Waals surface area contributed by atoms with Crippen LogP contribution < -0.4 is 5.32 Å². The van der Waals surface area contributed by atoms with Gasteiger partial charge < -0.3 is 5.32 Å². The van der Waals surface area contributed by atoms with Gasteiger partial charge in [0.1, 0.15) is 5.82 Å². The standard InChI is InChI=1S/C20H16F3N3/c21-17-4-1-3-14(20(17)23)13-6-8-24-11-12-9-16(18(22)10-15(12)13)19-5-2-7-25-26-19/h1-5,7,9-10,13,24H,6,8,11H2. The summed E-state index contributed by atoms with van der Waals surface area (Å²) in [5.74, 6) is -2.63. The second-order valence-corrected chi connectivity index (χ2v) is 6.30. The van der Waals surface area contributed by atoms with Crippen LogP contribution in [0.4, 0.5) is 13.2 Å². The second kappa shape index (κ2) is 6.88. The Kier molecular flexibility index (Phi) is 4.42. The fraction of sp³-hybridized carbons (Fsp3) is 0.200. The Hall–Kier alpha value is -2.73. The van der Waals surface area contributed by atoms with Crippen LogP contribution in [0, 0.1) is 17.5 Å². The number of benzene rings is 2. The van der Waals surface area contributed by atoms with E-state index in [1.165, 1.54) is 18.3 Å². The van der Waals surface area contributed by atoms with Crippen LogP contribution >= 0.6 is 0 Å². The lowest BCUT2D eigenvalue weighted by Crippen LogP contribution is -2.13. The molecule has 1 atom stereocenters. The van der Waals surface area contributed by atoms with Crippen molar-refractivity contribution in [1.82, 2.24) is 15.5 Å². The quantitative estimate of drug-likeness (QED) is 0.749. The molecule has 132 valence electrons. The fourth-order valence-corrected chi connectivity index (χ4v) is 3.49. The molecule has 0 radical (unpaired) electrons. The van der Waals surface area contributed by atoms with Gasteiger partial charge in [-0.05, 0) is 60.0 Å². The molecule has 3 aromatic rings. The molecule has 1 aromatic heterocycles. The van der Waals surface area contributed by atoms with E-state index < -0.39 is 23.4 Å². The SMILES string of the molecule is Fc1cc2c(cc1-c1cccnn1)CNCCC2c1cccc(F)c1F. The highest BCUT2D eigenvalue weighted by Gasteiger charge is 2.26. The van der Waals surface area contributed by atoms with Crippen molar-refractivity contribution in [3.63, 3.8) is 0 Å². The van der Waals surface area contributed by atoms with Gasteiger partial charge >= 0.3 is 0 Å². The first-order valence-electron chi connectivity index (χ1n) is 8.40. The van der Waals surface area contributed by atoms with Crippen molar-refractivity contribution in [3.05, 3.63) is 82.8 Å². The van der Waals surface area contributed by atoms with Gasteiger partial charge in [-0.2, -0.15) is 10.2 Å². The molecule has 0 aliphatic carbocycles. The molecule has 1 aliphatic heterocycles. The van der Waals surface area contributed by atoms with E-state index in [0.717, 1.165) is 11.6 Å². The highest BCUT2D eigenvalue weighted by molar-refractivity contribution is 5.62. The number of halogens is 3. The summed E-state index contributed by atoms with van der Waals surface area (Å²) in [6, 6.07) is 10.6. The van der Waals surface area contributed by atoms with Crippen LogP contribution in [0.25, 0.3) is 11.3 Å². The molecule has 3 nitrogen and oxygen atoms in total. The van der Waals surface area contributed by atoms with E-state index in [4.69, 9.17) is 0 Å². The maximum Gasteiger partial charge on any atom is 0.162 e. The number of aromatic nitrogens is 2. The first-order valence-corrected chi connectivity index (χ1v) is 8.40. The molecule has 6 heteroatoms. The monoisotopic (exact) mass is 355 g/mol. The molecule has 1 N–H and O–H groups in total. The fourth-order valence-electron chi connectivity index (χ4n) is 3.49. The van der Waals surface area contributed by atoms with Gasteiger partial charge in [0.05, 0.1) is 5.69 Å². The predicted octanol–water partition coefficient (Wildman–Crippen LogP) is 4.19. The van der Waals surface area contributed by atoms with Crippen molar-refractivity contribution < 1.29 is 13.2 Å². The number of hydrogen-bond acceptors (Lipinski definition) is 3. The smallest absolute Gasteiger partial charge is 0.162 e. The molecule has 0 saturated carbocycles. The summed E-state index contributed by atoms with van der Waals surface area (Å²) in [5, 5.41) is 11.0.